The average Bonchev–Trinajstić information content (AvgIpc) is 2.61. The smallest absolute Gasteiger partial charge is 0.179 e. The zero-order valence-electron chi connectivity index (χ0n) is 10.2. The molecule has 17 heavy (non-hydrogen) atoms. The Bertz CT molecular complexity index is 417. The van der Waals surface area contributed by atoms with Gasteiger partial charge in [0.15, 0.2) is 17.3 Å². The van der Waals surface area contributed by atoms with Gasteiger partial charge in [-0.3, -0.25) is 4.79 Å². The van der Waals surface area contributed by atoms with Gasteiger partial charge < -0.3 is 14.8 Å². The number of fused-ring (bicyclic) bond motifs is 1. The predicted molar refractivity (Wildman–Crippen MR) is 64.9 cm³/mol. The fourth-order valence-electron chi connectivity index (χ4n) is 1.70. The summed E-state index contributed by atoms with van der Waals surface area (Å²) in [5.74, 6) is 1.44. The molecule has 1 atom stereocenters. The molecular formula is C13H17NO3. The SMILES string of the molecule is CNC(C)C(=O)c1ccc2c(c1)OCCCO2. The van der Waals surface area contributed by atoms with Gasteiger partial charge in [0.2, 0.25) is 0 Å². The minimum atomic E-state index is -0.195. The minimum absolute atomic E-state index is 0.0585. The molecule has 4 heteroatoms. The van der Waals surface area contributed by atoms with E-state index in [1.807, 2.05) is 6.92 Å². The molecule has 1 aromatic carbocycles. The number of carbonyl (C=O) groups excluding carboxylic acids is 1. The van der Waals surface area contributed by atoms with Gasteiger partial charge in [-0.15, -0.1) is 0 Å². The number of hydrogen-bond donors (Lipinski definition) is 1. The molecule has 1 aliphatic heterocycles. The van der Waals surface area contributed by atoms with Crippen molar-refractivity contribution >= 4 is 5.78 Å². The average molecular weight is 235 g/mol. The molecule has 92 valence electrons. The Morgan fingerprint density at radius 2 is 2.00 bits per heavy atom. The number of benzene rings is 1. The van der Waals surface area contributed by atoms with Crippen LogP contribution in [0.3, 0.4) is 0 Å². The van der Waals surface area contributed by atoms with E-state index in [-0.39, 0.29) is 11.8 Å². The van der Waals surface area contributed by atoms with E-state index in [1.165, 1.54) is 0 Å². The first kappa shape index (κ1) is 11.9. The molecule has 0 aliphatic carbocycles. The zero-order chi connectivity index (χ0) is 12.3. The van der Waals surface area contributed by atoms with Crippen LogP contribution in [0.15, 0.2) is 18.2 Å². The van der Waals surface area contributed by atoms with E-state index in [2.05, 4.69) is 5.32 Å². The summed E-state index contributed by atoms with van der Waals surface area (Å²) in [5, 5.41) is 2.93. The van der Waals surface area contributed by atoms with Crippen molar-refractivity contribution < 1.29 is 14.3 Å². The topological polar surface area (TPSA) is 47.6 Å². The number of likely N-dealkylation sites (N-methyl/N-ethyl adjacent to an activating group) is 1. The van der Waals surface area contributed by atoms with E-state index >= 15 is 0 Å². The van der Waals surface area contributed by atoms with Crippen LogP contribution in [-0.4, -0.2) is 32.1 Å². The van der Waals surface area contributed by atoms with Gasteiger partial charge >= 0.3 is 0 Å². The van der Waals surface area contributed by atoms with Gasteiger partial charge in [0.1, 0.15) is 0 Å². The van der Waals surface area contributed by atoms with Gasteiger partial charge in [0.25, 0.3) is 0 Å². The molecule has 0 amide bonds. The second kappa shape index (κ2) is 5.19. The van der Waals surface area contributed by atoms with E-state index in [0.29, 0.717) is 24.5 Å². The predicted octanol–water partition coefficient (Wildman–Crippen LogP) is 1.64. The van der Waals surface area contributed by atoms with Crippen LogP contribution in [0.25, 0.3) is 0 Å². The van der Waals surface area contributed by atoms with Crippen LogP contribution in [0.5, 0.6) is 11.5 Å². The molecule has 4 nitrogen and oxygen atoms in total. The van der Waals surface area contributed by atoms with Crippen molar-refractivity contribution in [2.24, 2.45) is 0 Å². The molecular weight excluding hydrogens is 218 g/mol. The first-order valence-electron chi connectivity index (χ1n) is 5.83. The fraction of sp³-hybridized carbons (Fsp3) is 0.462. The molecule has 2 rings (SSSR count). The van der Waals surface area contributed by atoms with Gasteiger partial charge in [-0.2, -0.15) is 0 Å². The lowest BCUT2D eigenvalue weighted by atomic mass is 10.1. The quantitative estimate of drug-likeness (QED) is 0.809. The second-order valence-corrected chi connectivity index (χ2v) is 4.09. The summed E-state index contributed by atoms with van der Waals surface area (Å²) in [6.07, 6.45) is 0.866. The van der Waals surface area contributed by atoms with Crippen LogP contribution in [0, 0.1) is 0 Å². The molecule has 0 spiro atoms. The van der Waals surface area contributed by atoms with E-state index in [1.54, 1.807) is 25.2 Å². The van der Waals surface area contributed by atoms with Crippen LogP contribution in [0.1, 0.15) is 23.7 Å². The second-order valence-electron chi connectivity index (χ2n) is 4.09. The lowest BCUT2D eigenvalue weighted by molar-refractivity contribution is 0.0954. The Labute approximate surface area is 101 Å². The van der Waals surface area contributed by atoms with Gasteiger partial charge in [0.05, 0.1) is 19.3 Å². The van der Waals surface area contributed by atoms with Crippen molar-refractivity contribution in [2.75, 3.05) is 20.3 Å². The highest BCUT2D eigenvalue weighted by Crippen LogP contribution is 2.30. The summed E-state index contributed by atoms with van der Waals surface area (Å²) < 4.78 is 11.1. The number of Topliss-reactive ketones (excluding diaryl/α,β-unsaturated/α-hetero) is 1. The fourth-order valence-corrected chi connectivity index (χ4v) is 1.70. The number of rotatable bonds is 3. The van der Waals surface area contributed by atoms with Crippen molar-refractivity contribution in [1.82, 2.24) is 5.32 Å². The highest BCUT2D eigenvalue weighted by molar-refractivity contribution is 6.00. The maximum absolute atomic E-state index is 12.0. The Balaban J connectivity index is 2.26. The molecule has 0 radical (unpaired) electrons. The number of carbonyl (C=O) groups is 1. The number of ketones is 1. The standard InChI is InChI=1S/C13H17NO3/c1-9(14-2)13(15)10-4-5-11-12(8-10)17-7-3-6-16-11/h4-5,8-9,14H,3,6-7H2,1-2H3. The van der Waals surface area contributed by atoms with Crippen molar-refractivity contribution in [1.29, 1.82) is 0 Å². The molecule has 1 aromatic rings. The van der Waals surface area contributed by atoms with Gasteiger partial charge in [-0.05, 0) is 32.2 Å². The molecule has 1 N–H and O–H groups in total. The third-order valence-corrected chi connectivity index (χ3v) is 2.86. The maximum Gasteiger partial charge on any atom is 0.179 e. The largest absolute Gasteiger partial charge is 0.490 e. The Morgan fingerprint density at radius 1 is 1.29 bits per heavy atom. The highest BCUT2D eigenvalue weighted by atomic mass is 16.5. The Morgan fingerprint density at radius 3 is 2.71 bits per heavy atom. The van der Waals surface area contributed by atoms with Crippen molar-refractivity contribution in [3.05, 3.63) is 23.8 Å². The van der Waals surface area contributed by atoms with E-state index in [9.17, 15) is 4.79 Å². The summed E-state index contributed by atoms with van der Waals surface area (Å²) >= 11 is 0. The Kier molecular flexibility index (Phi) is 3.64. The van der Waals surface area contributed by atoms with Gasteiger partial charge in [-0.1, -0.05) is 0 Å². The summed E-state index contributed by atoms with van der Waals surface area (Å²) in [5.41, 5.74) is 0.649. The molecule has 0 aromatic heterocycles. The van der Waals surface area contributed by atoms with E-state index < -0.39 is 0 Å². The summed E-state index contributed by atoms with van der Waals surface area (Å²) in [4.78, 5) is 12.0. The first-order valence-corrected chi connectivity index (χ1v) is 5.83. The lowest BCUT2D eigenvalue weighted by Crippen LogP contribution is -2.30. The van der Waals surface area contributed by atoms with Crippen molar-refractivity contribution in [3.63, 3.8) is 0 Å². The molecule has 1 aliphatic rings. The summed E-state index contributed by atoms with van der Waals surface area (Å²) in [7, 11) is 1.77. The summed E-state index contributed by atoms with van der Waals surface area (Å²) in [6.45, 7) is 3.13. The zero-order valence-corrected chi connectivity index (χ0v) is 10.2. The van der Waals surface area contributed by atoms with E-state index in [0.717, 1.165) is 12.2 Å². The van der Waals surface area contributed by atoms with E-state index in [4.69, 9.17) is 9.47 Å². The van der Waals surface area contributed by atoms with Crippen LogP contribution in [0.4, 0.5) is 0 Å². The van der Waals surface area contributed by atoms with Gasteiger partial charge in [0, 0.05) is 12.0 Å². The third kappa shape index (κ3) is 2.58. The number of ether oxygens (including phenoxy) is 2. The summed E-state index contributed by atoms with van der Waals surface area (Å²) in [6, 6.07) is 5.15. The number of hydrogen-bond acceptors (Lipinski definition) is 4. The molecule has 0 bridgehead atoms. The molecule has 0 fully saturated rings. The monoisotopic (exact) mass is 235 g/mol. The third-order valence-electron chi connectivity index (χ3n) is 2.86. The lowest BCUT2D eigenvalue weighted by Gasteiger charge is -2.12. The first-order chi connectivity index (χ1) is 8.22. The normalized spacial score (nSPS) is 16.1. The Hall–Kier alpha value is -1.55. The van der Waals surface area contributed by atoms with Crippen molar-refractivity contribution in [2.45, 2.75) is 19.4 Å². The highest BCUT2D eigenvalue weighted by Gasteiger charge is 2.17. The molecule has 1 unspecified atom stereocenters. The van der Waals surface area contributed by atoms with Crippen LogP contribution < -0.4 is 14.8 Å². The van der Waals surface area contributed by atoms with Crippen LogP contribution >= 0.6 is 0 Å². The maximum atomic E-state index is 12.0. The molecule has 1 heterocycles. The molecule has 0 saturated heterocycles. The van der Waals surface area contributed by atoms with Gasteiger partial charge in [-0.25, -0.2) is 0 Å². The minimum Gasteiger partial charge on any atom is -0.490 e. The number of nitrogens with one attached hydrogen (secondary N) is 1. The molecule has 0 saturated carbocycles. The van der Waals surface area contributed by atoms with Crippen LogP contribution in [0.2, 0.25) is 0 Å². The van der Waals surface area contributed by atoms with Crippen LogP contribution in [-0.2, 0) is 0 Å². The van der Waals surface area contributed by atoms with Crippen molar-refractivity contribution in [3.8, 4) is 11.5 Å².